The van der Waals surface area contributed by atoms with Gasteiger partial charge in [-0.3, -0.25) is 14.4 Å². The summed E-state index contributed by atoms with van der Waals surface area (Å²) in [6.07, 6.45) is 4.31. The SMILES string of the molecule is Cc1cccc(C(=O)Nc2ccc(OCCN3CCCC3)c(-c3ccnn3C)c2)c1. The molecule has 3 aromatic rings. The van der Waals surface area contributed by atoms with Crippen LogP contribution >= 0.6 is 0 Å². The van der Waals surface area contributed by atoms with Crippen molar-refractivity contribution in [2.45, 2.75) is 19.8 Å². The van der Waals surface area contributed by atoms with E-state index in [1.807, 2.05) is 67.2 Å². The Hall–Kier alpha value is -3.12. The second-order valence-corrected chi connectivity index (χ2v) is 7.77. The van der Waals surface area contributed by atoms with Crippen LogP contribution in [0, 0.1) is 6.92 Å². The van der Waals surface area contributed by atoms with Crippen LogP contribution in [0.2, 0.25) is 0 Å². The van der Waals surface area contributed by atoms with Crippen molar-refractivity contribution in [1.82, 2.24) is 14.7 Å². The molecule has 0 saturated carbocycles. The highest BCUT2D eigenvalue weighted by atomic mass is 16.5. The number of carbonyl (C=O) groups excluding carboxylic acids is 1. The summed E-state index contributed by atoms with van der Waals surface area (Å²) in [5, 5.41) is 7.29. The molecule has 4 rings (SSSR count). The first-order valence-corrected chi connectivity index (χ1v) is 10.5. The molecule has 0 bridgehead atoms. The molecule has 6 nitrogen and oxygen atoms in total. The van der Waals surface area contributed by atoms with E-state index in [1.165, 1.54) is 12.8 Å². The number of aryl methyl sites for hydroxylation is 2. The Morgan fingerprint density at radius 1 is 1.13 bits per heavy atom. The molecular weight excluding hydrogens is 376 g/mol. The summed E-state index contributed by atoms with van der Waals surface area (Å²) in [5.74, 6) is 0.670. The lowest BCUT2D eigenvalue weighted by molar-refractivity contribution is 0.102. The number of rotatable bonds is 7. The number of ether oxygens (including phenoxy) is 1. The van der Waals surface area contributed by atoms with Gasteiger partial charge in [-0.1, -0.05) is 17.7 Å². The summed E-state index contributed by atoms with van der Waals surface area (Å²) in [7, 11) is 1.90. The molecule has 0 unspecified atom stereocenters. The van der Waals surface area contributed by atoms with Crippen LogP contribution < -0.4 is 10.1 Å². The molecule has 30 heavy (non-hydrogen) atoms. The molecular formula is C24H28N4O2. The molecule has 0 radical (unpaired) electrons. The lowest BCUT2D eigenvalue weighted by Crippen LogP contribution is -2.25. The topological polar surface area (TPSA) is 59.4 Å². The molecule has 2 aromatic carbocycles. The fourth-order valence-electron chi connectivity index (χ4n) is 3.85. The standard InChI is InChI=1S/C24H28N4O2/c1-18-6-5-7-19(16-18)24(29)26-20-8-9-23(30-15-14-28-12-3-4-13-28)21(17-20)22-10-11-25-27(22)2/h5-11,16-17H,3-4,12-15H2,1-2H3,(H,26,29). The minimum atomic E-state index is -0.127. The van der Waals surface area contributed by atoms with Crippen LogP contribution in [0.1, 0.15) is 28.8 Å². The summed E-state index contributed by atoms with van der Waals surface area (Å²) >= 11 is 0. The maximum atomic E-state index is 12.7. The van der Waals surface area contributed by atoms with Crippen LogP contribution in [0.15, 0.2) is 54.7 Å². The van der Waals surface area contributed by atoms with Gasteiger partial charge in [0.25, 0.3) is 5.91 Å². The maximum absolute atomic E-state index is 12.7. The number of nitrogens with zero attached hydrogens (tertiary/aromatic N) is 3. The number of aromatic nitrogens is 2. The highest BCUT2D eigenvalue weighted by Gasteiger charge is 2.15. The Kier molecular flexibility index (Phi) is 6.14. The van der Waals surface area contributed by atoms with E-state index in [9.17, 15) is 4.79 Å². The van der Waals surface area contributed by atoms with Gasteiger partial charge >= 0.3 is 0 Å². The van der Waals surface area contributed by atoms with E-state index >= 15 is 0 Å². The van der Waals surface area contributed by atoms with Crippen LogP contribution in [0.5, 0.6) is 5.75 Å². The van der Waals surface area contributed by atoms with Crippen molar-refractivity contribution in [1.29, 1.82) is 0 Å². The molecule has 0 aliphatic carbocycles. The van der Waals surface area contributed by atoms with Crippen molar-refractivity contribution in [2.75, 3.05) is 31.6 Å². The van der Waals surface area contributed by atoms with Gasteiger partial charge in [0.15, 0.2) is 0 Å². The fourth-order valence-corrected chi connectivity index (χ4v) is 3.85. The number of carbonyl (C=O) groups is 1. The van der Waals surface area contributed by atoms with Crippen molar-refractivity contribution in [3.05, 3.63) is 65.9 Å². The first kappa shape index (κ1) is 20.2. The zero-order valence-electron chi connectivity index (χ0n) is 17.6. The summed E-state index contributed by atoms with van der Waals surface area (Å²) in [4.78, 5) is 15.1. The Labute approximate surface area is 177 Å². The summed E-state index contributed by atoms with van der Waals surface area (Å²) in [5.41, 5.74) is 4.28. The average Bonchev–Trinajstić information content (AvgIpc) is 3.40. The first-order valence-electron chi connectivity index (χ1n) is 10.5. The van der Waals surface area contributed by atoms with Crippen LogP contribution in [-0.2, 0) is 7.05 Å². The van der Waals surface area contributed by atoms with E-state index in [1.54, 1.807) is 6.20 Å². The highest BCUT2D eigenvalue weighted by molar-refractivity contribution is 6.04. The van der Waals surface area contributed by atoms with Gasteiger partial charge in [-0.15, -0.1) is 0 Å². The zero-order valence-corrected chi connectivity index (χ0v) is 17.6. The third kappa shape index (κ3) is 4.71. The Morgan fingerprint density at radius 2 is 1.97 bits per heavy atom. The van der Waals surface area contributed by atoms with Crippen molar-refractivity contribution in [3.63, 3.8) is 0 Å². The monoisotopic (exact) mass is 404 g/mol. The van der Waals surface area contributed by atoms with Gasteiger partial charge in [0.1, 0.15) is 12.4 Å². The van der Waals surface area contributed by atoms with E-state index in [4.69, 9.17) is 4.74 Å². The van der Waals surface area contributed by atoms with Gasteiger partial charge in [0.2, 0.25) is 0 Å². The third-order valence-electron chi connectivity index (χ3n) is 5.48. The zero-order chi connectivity index (χ0) is 20.9. The summed E-state index contributed by atoms with van der Waals surface area (Å²) < 4.78 is 7.96. The van der Waals surface area contributed by atoms with Gasteiger partial charge < -0.3 is 10.1 Å². The minimum absolute atomic E-state index is 0.127. The molecule has 1 aliphatic heterocycles. The fraction of sp³-hybridized carbons (Fsp3) is 0.333. The lowest BCUT2D eigenvalue weighted by atomic mass is 10.1. The van der Waals surface area contributed by atoms with E-state index in [-0.39, 0.29) is 5.91 Å². The smallest absolute Gasteiger partial charge is 0.255 e. The molecule has 0 spiro atoms. The number of hydrogen-bond donors (Lipinski definition) is 1. The van der Waals surface area contributed by atoms with Crippen LogP contribution in [0.3, 0.4) is 0 Å². The molecule has 0 atom stereocenters. The van der Waals surface area contributed by atoms with Crippen molar-refractivity contribution in [2.24, 2.45) is 7.05 Å². The Bertz CT molecular complexity index is 1020. The molecule has 1 fully saturated rings. The number of likely N-dealkylation sites (tertiary alicyclic amines) is 1. The largest absolute Gasteiger partial charge is 0.492 e. The number of anilines is 1. The number of hydrogen-bond acceptors (Lipinski definition) is 4. The molecule has 1 N–H and O–H groups in total. The van der Waals surface area contributed by atoms with E-state index < -0.39 is 0 Å². The normalized spacial score (nSPS) is 14.1. The van der Waals surface area contributed by atoms with Gasteiger partial charge in [-0.25, -0.2) is 0 Å². The van der Waals surface area contributed by atoms with E-state index in [2.05, 4.69) is 15.3 Å². The van der Waals surface area contributed by atoms with Crippen molar-refractivity contribution in [3.8, 4) is 17.0 Å². The molecule has 156 valence electrons. The van der Waals surface area contributed by atoms with Crippen LogP contribution in [0.25, 0.3) is 11.3 Å². The third-order valence-corrected chi connectivity index (χ3v) is 5.48. The first-order chi connectivity index (χ1) is 14.6. The number of nitrogens with one attached hydrogen (secondary N) is 1. The number of amides is 1. The summed E-state index contributed by atoms with van der Waals surface area (Å²) in [6.45, 7) is 5.85. The molecule has 2 heterocycles. The van der Waals surface area contributed by atoms with E-state index in [0.29, 0.717) is 12.2 Å². The van der Waals surface area contributed by atoms with Gasteiger partial charge in [-0.05, 0) is 69.3 Å². The molecule has 6 heteroatoms. The van der Waals surface area contributed by atoms with Crippen LogP contribution in [0.4, 0.5) is 5.69 Å². The predicted octanol–water partition coefficient (Wildman–Crippen LogP) is 4.12. The second-order valence-electron chi connectivity index (χ2n) is 7.77. The average molecular weight is 405 g/mol. The van der Waals surface area contributed by atoms with Gasteiger partial charge in [-0.2, -0.15) is 5.10 Å². The molecule has 1 saturated heterocycles. The minimum Gasteiger partial charge on any atom is -0.492 e. The Morgan fingerprint density at radius 3 is 2.70 bits per heavy atom. The second kappa shape index (κ2) is 9.13. The highest BCUT2D eigenvalue weighted by Crippen LogP contribution is 2.32. The predicted molar refractivity (Wildman–Crippen MR) is 119 cm³/mol. The van der Waals surface area contributed by atoms with Crippen molar-refractivity contribution >= 4 is 11.6 Å². The summed E-state index contributed by atoms with van der Waals surface area (Å²) in [6, 6.07) is 15.3. The Balaban J connectivity index is 1.54. The number of benzene rings is 2. The quantitative estimate of drug-likeness (QED) is 0.643. The van der Waals surface area contributed by atoms with Gasteiger partial charge in [0, 0.05) is 36.6 Å². The van der Waals surface area contributed by atoms with Crippen molar-refractivity contribution < 1.29 is 9.53 Å². The molecule has 1 aromatic heterocycles. The van der Waals surface area contributed by atoms with E-state index in [0.717, 1.165) is 47.9 Å². The molecule has 1 aliphatic rings. The maximum Gasteiger partial charge on any atom is 0.255 e. The van der Waals surface area contributed by atoms with Crippen LogP contribution in [-0.4, -0.2) is 46.8 Å². The molecule has 1 amide bonds. The van der Waals surface area contributed by atoms with Gasteiger partial charge in [0.05, 0.1) is 5.69 Å². The lowest BCUT2D eigenvalue weighted by Gasteiger charge is -2.17.